The minimum Gasteiger partial charge on any atom is -0.326 e. The first kappa shape index (κ1) is 12.8. The van der Waals surface area contributed by atoms with Crippen LogP contribution in [0.3, 0.4) is 0 Å². The lowest BCUT2D eigenvalue weighted by Gasteiger charge is -2.14. The minimum atomic E-state index is 0.0707. The maximum Gasteiger partial charge on any atom is 0.227 e. The number of anilines is 1. The molecule has 1 aromatic rings. The number of amides is 1. The summed E-state index contributed by atoms with van der Waals surface area (Å²) < 4.78 is 0. The SMILES string of the molecule is Cc1ccc(NC(=O)C(C)CC(C)C)cc1. The summed E-state index contributed by atoms with van der Waals surface area (Å²) in [6, 6.07) is 7.89. The Morgan fingerprint density at radius 2 is 1.75 bits per heavy atom. The Morgan fingerprint density at radius 3 is 2.25 bits per heavy atom. The maximum absolute atomic E-state index is 11.8. The quantitative estimate of drug-likeness (QED) is 0.823. The lowest BCUT2D eigenvalue weighted by molar-refractivity contribution is -0.119. The number of hydrogen-bond acceptors (Lipinski definition) is 1. The average molecular weight is 219 g/mol. The number of nitrogens with one attached hydrogen (secondary N) is 1. The first-order valence-electron chi connectivity index (χ1n) is 5.86. The van der Waals surface area contributed by atoms with Crippen LogP contribution in [-0.4, -0.2) is 5.91 Å². The Bertz CT molecular complexity index is 340. The number of aryl methyl sites for hydroxylation is 1. The smallest absolute Gasteiger partial charge is 0.227 e. The third kappa shape index (κ3) is 4.05. The van der Waals surface area contributed by atoms with Crippen molar-refractivity contribution in [3.63, 3.8) is 0 Å². The summed E-state index contributed by atoms with van der Waals surface area (Å²) >= 11 is 0. The zero-order chi connectivity index (χ0) is 12.1. The molecule has 1 rings (SSSR count). The Balaban J connectivity index is 2.54. The molecule has 0 fully saturated rings. The van der Waals surface area contributed by atoms with Crippen LogP contribution in [0.5, 0.6) is 0 Å². The van der Waals surface area contributed by atoms with Crippen molar-refractivity contribution in [1.82, 2.24) is 0 Å². The molecule has 0 aliphatic carbocycles. The summed E-state index contributed by atoms with van der Waals surface area (Å²) in [7, 11) is 0. The highest BCUT2D eigenvalue weighted by Gasteiger charge is 2.14. The maximum atomic E-state index is 11.8. The van der Waals surface area contributed by atoms with Crippen molar-refractivity contribution in [3.05, 3.63) is 29.8 Å². The van der Waals surface area contributed by atoms with Crippen LogP contribution in [0.2, 0.25) is 0 Å². The third-order valence-electron chi connectivity index (χ3n) is 2.59. The van der Waals surface area contributed by atoms with Gasteiger partial charge in [-0.2, -0.15) is 0 Å². The zero-order valence-corrected chi connectivity index (χ0v) is 10.6. The van der Waals surface area contributed by atoms with E-state index in [1.807, 2.05) is 38.1 Å². The predicted molar refractivity (Wildman–Crippen MR) is 68.4 cm³/mol. The fourth-order valence-electron chi connectivity index (χ4n) is 1.72. The fraction of sp³-hybridized carbons (Fsp3) is 0.500. The van der Waals surface area contributed by atoms with E-state index in [1.54, 1.807) is 0 Å². The first-order valence-corrected chi connectivity index (χ1v) is 5.86. The molecular formula is C14H21NO. The van der Waals surface area contributed by atoms with Gasteiger partial charge in [-0.3, -0.25) is 4.79 Å². The predicted octanol–water partition coefficient (Wildman–Crippen LogP) is 3.62. The molecule has 16 heavy (non-hydrogen) atoms. The van der Waals surface area contributed by atoms with Crippen molar-refractivity contribution >= 4 is 11.6 Å². The summed E-state index contributed by atoms with van der Waals surface area (Å²) in [5.41, 5.74) is 2.08. The van der Waals surface area contributed by atoms with Gasteiger partial charge in [0.2, 0.25) is 5.91 Å². The molecule has 1 amide bonds. The summed E-state index contributed by atoms with van der Waals surface area (Å²) in [5, 5.41) is 2.94. The number of carbonyl (C=O) groups is 1. The molecule has 0 spiro atoms. The van der Waals surface area contributed by atoms with Crippen molar-refractivity contribution in [1.29, 1.82) is 0 Å². The van der Waals surface area contributed by atoms with Crippen LogP contribution >= 0.6 is 0 Å². The molecule has 0 heterocycles. The molecule has 1 atom stereocenters. The van der Waals surface area contributed by atoms with Gasteiger partial charge in [0, 0.05) is 11.6 Å². The Kier molecular flexibility index (Phi) is 4.53. The minimum absolute atomic E-state index is 0.0707. The van der Waals surface area contributed by atoms with Gasteiger partial charge in [-0.25, -0.2) is 0 Å². The Morgan fingerprint density at radius 1 is 1.19 bits per heavy atom. The van der Waals surface area contributed by atoms with E-state index in [4.69, 9.17) is 0 Å². The van der Waals surface area contributed by atoms with Gasteiger partial charge in [-0.15, -0.1) is 0 Å². The molecule has 1 N–H and O–H groups in total. The van der Waals surface area contributed by atoms with Gasteiger partial charge in [0.25, 0.3) is 0 Å². The standard InChI is InChI=1S/C14H21NO/c1-10(2)9-12(4)14(16)15-13-7-5-11(3)6-8-13/h5-8,10,12H,9H2,1-4H3,(H,15,16). The molecule has 1 aromatic carbocycles. The molecule has 0 aliphatic rings. The number of benzene rings is 1. The molecule has 0 saturated heterocycles. The molecule has 0 aliphatic heterocycles. The second-order valence-electron chi connectivity index (χ2n) is 4.89. The van der Waals surface area contributed by atoms with Gasteiger partial charge in [0.1, 0.15) is 0 Å². The van der Waals surface area contributed by atoms with Crippen LogP contribution in [0.4, 0.5) is 5.69 Å². The number of hydrogen-bond donors (Lipinski definition) is 1. The van der Waals surface area contributed by atoms with Crippen LogP contribution in [0.15, 0.2) is 24.3 Å². The van der Waals surface area contributed by atoms with Crippen LogP contribution in [0, 0.1) is 18.8 Å². The average Bonchev–Trinajstić information content (AvgIpc) is 2.20. The molecule has 0 radical (unpaired) electrons. The Hall–Kier alpha value is -1.31. The van der Waals surface area contributed by atoms with Crippen LogP contribution in [-0.2, 0) is 4.79 Å². The van der Waals surface area contributed by atoms with E-state index >= 15 is 0 Å². The van der Waals surface area contributed by atoms with Crippen molar-refractivity contribution in [2.24, 2.45) is 11.8 Å². The van der Waals surface area contributed by atoms with E-state index in [-0.39, 0.29) is 11.8 Å². The van der Waals surface area contributed by atoms with E-state index in [0.717, 1.165) is 12.1 Å². The molecule has 2 nitrogen and oxygen atoms in total. The van der Waals surface area contributed by atoms with Crippen molar-refractivity contribution < 1.29 is 4.79 Å². The fourth-order valence-corrected chi connectivity index (χ4v) is 1.72. The zero-order valence-electron chi connectivity index (χ0n) is 10.6. The van der Waals surface area contributed by atoms with Crippen molar-refractivity contribution in [2.75, 3.05) is 5.32 Å². The van der Waals surface area contributed by atoms with E-state index in [1.165, 1.54) is 5.56 Å². The number of rotatable bonds is 4. The van der Waals surface area contributed by atoms with Crippen molar-refractivity contribution in [3.8, 4) is 0 Å². The van der Waals surface area contributed by atoms with Crippen LogP contribution < -0.4 is 5.32 Å². The van der Waals surface area contributed by atoms with Gasteiger partial charge in [-0.05, 0) is 31.4 Å². The van der Waals surface area contributed by atoms with Crippen LogP contribution in [0.1, 0.15) is 32.8 Å². The summed E-state index contributed by atoms with van der Waals surface area (Å²) in [6.45, 7) is 8.28. The molecule has 0 aromatic heterocycles. The monoisotopic (exact) mass is 219 g/mol. The van der Waals surface area contributed by atoms with E-state index in [0.29, 0.717) is 5.92 Å². The highest BCUT2D eigenvalue weighted by atomic mass is 16.1. The van der Waals surface area contributed by atoms with E-state index in [9.17, 15) is 4.79 Å². The molecule has 0 bridgehead atoms. The van der Waals surface area contributed by atoms with Gasteiger partial charge < -0.3 is 5.32 Å². The van der Waals surface area contributed by atoms with E-state index in [2.05, 4.69) is 19.2 Å². The van der Waals surface area contributed by atoms with Gasteiger partial charge in [-0.1, -0.05) is 38.5 Å². The Labute approximate surface area is 98.1 Å². The van der Waals surface area contributed by atoms with Crippen LogP contribution in [0.25, 0.3) is 0 Å². The number of carbonyl (C=O) groups excluding carboxylic acids is 1. The molecule has 0 saturated carbocycles. The topological polar surface area (TPSA) is 29.1 Å². The van der Waals surface area contributed by atoms with Gasteiger partial charge in [0.05, 0.1) is 0 Å². The lowest BCUT2D eigenvalue weighted by Crippen LogP contribution is -2.21. The van der Waals surface area contributed by atoms with Crippen molar-refractivity contribution in [2.45, 2.75) is 34.1 Å². The molecule has 88 valence electrons. The largest absolute Gasteiger partial charge is 0.326 e. The highest BCUT2D eigenvalue weighted by molar-refractivity contribution is 5.92. The normalized spacial score (nSPS) is 12.6. The summed E-state index contributed by atoms with van der Waals surface area (Å²) in [4.78, 5) is 11.8. The first-order chi connectivity index (χ1) is 7.49. The molecule has 2 heteroatoms. The lowest BCUT2D eigenvalue weighted by atomic mass is 9.98. The third-order valence-corrected chi connectivity index (χ3v) is 2.59. The second kappa shape index (κ2) is 5.69. The highest BCUT2D eigenvalue weighted by Crippen LogP contribution is 2.15. The van der Waals surface area contributed by atoms with Gasteiger partial charge >= 0.3 is 0 Å². The molecular weight excluding hydrogens is 198 g/mol. The molecule has 1 unspecified atom stereocenters. The summed E-state index contributed by atoms with van der Waals surface area (Å²) in [6.07, 6.45) is 0.928. The second-order valence-corrected chi connectivity index (χ2v) is 4.89. The van der Waals surface area contributed by atoms with Gasteiger partial charge in [0.15, 0.2) is 0 Å². The van der Waals surface area contributed by atoms with E-state index < -0.39 is 0 Å². The summed E-state index contributed by atoms with van der Waals surface area (Å²) in [5.74, 6) is 0.734.